The van der Waals surface area contributed by atoms with Crippen molar-refractivity contribution in [1.82, 2.24) is 9.78 Å². The number of H-pyrrole nitrogens is 1. The third-order valence-corrected chi connectivity index (χ3v) is 6.68. The first-order chi connectivity index (χ1) is 16.7. The number of aryl methyl sites for hydroxylation is 1. The van der Waals surface area contributed by atoms with Crippen molar-refractivity contribution >= 4 is 44.8 Å². The molecule has 0 fully saturated rings. The Kier molecular flexibility index (Phi) is 8.37. The average Bonchev–Trinajstić information content (AvgIpc) is 3.07. The lowest BCUT2D eigenvalue weighted by Crippen LogP contribution is -2.32. The summed E-state index contributed by atoms with van der Waals surface area (Å²) in [7, 11) is -7.54. The van der Waals surface area contributed by atoms with Gasteiger partial charge in [-0.1, -0.05) is 0 Å². The van der Waals surface area contributed by atoms with Gasteiger partial charge in [-0.3, -0.25) is 9.89 Å². The Balaban J connectivity index is 1.79. The molecule has 15 heteroatoms. The molecule has 0 spiro atoms. The normalized spacial score (nSPS) is 12.9. The van der Waals surface area contributed by atoms with Gasteiger partial charge in [-0.05, 0) is 55.5 Å². The number of nitrogens with one attached hydrogen (secondary N) is 2. The highest BCUT2D eigenvalue weighted by molar-refractivity contribution is 8.19. The van der Waals surface area contributed by atoms with Gasteiger partial charge in [0.1, 0.15) is 5.69 Å². The number of aromatic nitrogens is 2. The number of hydrogen-bond acceptors (Lipinski definition) is 10. The van der Waals surface area contributed by atoms with E-state index in [0.717, 1.165) is 0 Å². The maximum absolute atomic E-state index is 13.0. The molecule has 1 heterocycles. The molecule has 9 N–H and O–H groups in total. The van der Waals surface area contributed by atoms with Crippen LogP contribution >= 0.6 is 21.7 Å². The van der Waals surface area contributed by atoms with Gasteiger partial charge in [-0.25, -0.2) is 9.48 Å². The molecule has 0 amide bonds. The fraction of sp³-hybridized carbons (Fsp3) is 0.238. The molecule has 0 saturated heterocycles. The lowest BCUT2D eigenvalue weighted by atomic mass is 10.2. The van der Waals surface area contributed by atoms with Crippen molar-refractivity contribution in [2.45, 2.75) is 6.92 Å². The van der Waals surface area contributed by atoms with Crippen molar-refractivity contribution in [2.24, 2.45) is 0 Å². The Hall–Kier alpha value is -3.02. The zero-order valence-corrected chi connectivity index (χ0v) is 20.7. The predicted octanol–water partition coefficient (Wildman–Crippen LogP) is 4.17. The number of benzene rings is 2. The topological polar surface area (TPSA) is 212 Å². The summed E-state index contributed by atoms with van der Waals surface area (Å²) in [5.41, 5.74) is 2.05. The van der Waals surface area contributed by atoms with Crippen LogP contribution in [0.25, 0.3) is 5.69 Å². The highest BCUT2D eigenvalue weighted by Gasteiger charge is 2.19. The molecule has 3 rings (SSSR count). The zero-order chi connectivity index (χ0) is 26.7. The van der Waals surface area contributed by atoms with Gasteiger partial charge < -0.3 is 42.6 Å². The molecule has 13 nitrogen and oxygen atoms in total. The number of carbonyl (C=O) groups is 1. The van der Waals surface area contributed by atoms with Gasteiger partial charge >= 0.3 is 5.97 Å². The number of aromatic carboxylic acids is 1. The second kappa shape index (κ2) is 10.9. The second-order valence-corrected chi connectivity index (χ2v) is 11.3. The van der Waals surface area contributed by atoms with Crippen molar-refractivity contribution < 1.29 is 37.2 Å². The van der Waals surface area contributed by atoms with E-state index in [2.05, 4.69) is 10.4 Å². The summed E-state index contributed by atoms with van der Waals surface area (Å²) in [6.45, 7) is 1.62. The summed E-state index contributed by atoms with van der Waals surface area (Å²) in [6, 6.07) is 12.4. The van der Waals surface area contributed by atoms with Crippen LogP contribution in [0.4, 0.5) is 17.1 Å². The lowest BCUT2D eigenvalue weighted by molar-refractivity contribution is 0.0696. The molecule has 0 bridgehead atoms. The lowest BCUT2D eigenvalue weighted by Gasteiger charge is -2.30. The monoisotopic (exact) mass is 544 g/mol. The van der Waals surface area contributed by atoms with Crippen molar-refractivity contribution in [2.75, 3.05) is 34.8 Å². The Morgan fingerprint density at radius 3 is 1.92 bits per heavy atom. The molecule has 0 atom stereocenters. The summed E-state index contributed by atoms with van der Waals surface area (Å²) >= 11 is 0. The highest BCUT2D eigenvalue weighted by atomic mass is 32.3. The molecular formula is C21H28N4O9S2. The standard InChI is InChI=1S/C21H28N4O9S2/c1-14-19(20(26)25(23-14)18-6-2-15(3-7-18)21(27)28)22-16-4-8-17(9-5-16)24(10-12-35(29,30)31)11-13-36(32,33)34/h2-9,22-23,29-34H,10-13H2,1H3,(H,27,28). The summed E-state index contributed by atoms with van der Waals surface area (Å²) in [5.74, 6) is -1.84. The van der Waals surface area contributed by atoms with Crippen LogP contribution in [0, 0.1) is 6.92 Å². The van der Waals surface area contributed by atoms with Crippen LogP contribution in [0.5, 0.6) is 0 Å². The Morgan fingerprint density at radius 1 is 0.917 bits per heavy atom. The molecular weight excluding hydrogens is 516 g/mol. The van der Waals surface area contributed by atoms with Crippen LogP contribution in [0.2, 0.25) is 0 Å². The van der Waals surface area contributed by atoms with Gasteiger partial charge in [-0.15, -0.1) is 0 Å². The zero-order valence-electron chi connectivity index (χ0n) is 19.1. The van der Waals surface area contributed by atoms with Gasteiger partial charge in [0.15, 0.2) is 0 Å². The maximum atomic E-state index is 13.0. The number of carboxylic acid groups (broad SMARTS) is 1. The summed E-state index contributed by atoms with van der Waals surface area (Å²) in [5, 5.41) is 15.0. The van der Waals surface area contributed by atoms with Crippen molar-refractivity contribution in [1.29, 1.82) is 0 Å². The Labute approximate surface area is 209 Å². The van der Waals surface area contributed by atoms with Gasteiger partial charge in [0.2, 0.25) is 0 Å². The van der Waals surface area contributed by atoms with Crippen LogP contribution in [-0.4, -0.2) is 72.8 Å². The van der Waals surface area contributed by atoms with Gasteiger partial charge in [0, 0.05) is 24.5 Å². The van der Waals surface area contributed by atoms with Crippen molar-refractivity contribution in [3.8, 4) is 5.69 Å². The van der Waals surface area contributed by atoms with E-state index in [1.165, 1.54) is 33.8 Å². The summed E-state index contributed by atoms with van der Waals surface area (Å²) in [4.78, 5) is 25.5. The molecule has 1 aromatic heterocycles. The second-order valence-electron chi connectivity index (χ2n) is 7.94. The van der Waals surface area contributed by atoms with Crippen molar-refractivity contribution in [3.05, 3.63) is 70.1 Å². The fourth-order valence-electron chi connectivity index (χ4n) is 3.36. The Morgan fingerprint density at radius 2 is 1.44 bits per heavy atom. The maximum Gasteiger partial charge on any atom is 0.335 e. The van der Waals surface area contributed by atoms with E-state index in [9.17, 15) is 36.9 Å². The number of rotatable bonds is 11. The first-order valence-corrected chi connectivity index (χ1v) is 13.8. The van der Waals surface area contributed by atoms with E-state index in [-0.39, 0.29) is 41.4 Å². The first-order valence-electron chi connectivity index (χ1n) is 10.5. The number of anilines is 3. The van der Waals surface area contributed by atoms with E-state index >= 15 is 0 Å². The minimum Gasteiger partial charge on any atom is -0.478 e. The predicted molar refractivity (Wildman–Crippen MR) is 141 cm³/mol. The van der Waals surface area contributed by atoms with Crippen LogP contribution in [0.3, 0.4) is 0 Å². The molecule has 3 aromatic rings. The first kappa shape index (κ1) is 27.6. The van der Waals surface area contributed by atoms with Crippen LogP contribution in [-0.2, 0) is 0 Å². The Bertz CT molecular complexity index is 1230. The fourth-order valence-corrected chi connectivity index (χ4v) is 4.29. The number of hydrogen-bond donors (Lipinski definition) is 9. The van der Waals surface area contributed by atoms with Crippen LogP contribution in [0.15, 0.2) is 53.3 Å². The quantitative estimate of drug-likeness (QED) is 0.167. The van der Waals surface area contributed by atoms with Gasteiger partial charge in [0.05, 0.1) is 50.2 Å². The summed E-state index contributed by atoms with van der Waals surface area (Å²) in [6.07, 6.45) is 0. The van der Waals surface area contributed by atoms with Crippen molar-refractivity contribution in [3.63, 3.8) is 0 Å². The van der Waals surface area contributed by atoms with E-state index in [1.807, 2.05) is 0 Å². The van der Waals surface area contributed by atoms with Gasteiger partial charge in [0.25, 0.3) is 5.56 Å². The number of nitrogens with zero attached hydrogens (tertiary/aromatic N) is 2. The molecule has 0 aliphatic heterocycles. The molecule has 0 aliphatic carbocycles. The third-order valence-electron chi connectivity index (χ3n) is 5.22. The molecule has 198 valence electrons. The van der Waals surface area contributed by atoms with Crippen LogP contribution < -0.4 is 15.8 Å². The molecule has 2 aromatic carbocycles. The number of aromatic amines is 1. The molecule has 36 heavy (non-hydrogen) atoms. The molecule has 0 saturated carbocycles. The largest absolute Gasteiger partial charge is 0.478 e. The number of carboxylic acids is 1. The smallest absolute Gasteiger partial charge is 0.335 e. The minimum absolute atomic E-state index is 0.0383. The van der Waals surface area contributed by atoms with E-state index in [1.54, 1.807) is 31.2 Å². The molecule has 0 radical (unpaired) electrons. The highest BCUT2D eigenvalue weighted by Crippen LogP contribution is 2.35. The minimum atomic E-state index is -3.77. The molecule has 0 unspecified atom stereocenters. The van der Waals surface area contributed by atoms with E-state index < -0.39 is 27.7 Å². The van der Waals surface area contributed by atoms with Gasteiger partial charge in [-0.2, -0.15) is 0 Å². The third kappa shape index (κ3) is 7.49. The average molecular weight is 545 g/mol. The van der Waals surface area contributed by atoms with E-state index in [0.29, 0.717) is 22.8 Å². The SMILES string of the molecule is Cc1[nH]n(-c2ccc(C(=O)O)cc2)c(=O)c1Nc1ccc(N(CCS(O)(O)O)CCS(O)(O)O)cc1. The van der Waals surface area contributed by atoms with E-state index in [4.69, 9.17) is 5.11 Å². The molecule has 0 aliphatic rings. The summed E-state index contributed by atoms with van der Waals surface area (Å²) < 4.78 is 56.9. The van der Waals surface area contributed by atoms with Crippen LogP contribution in [0.1, 0.15) is 16.1 Å².